The van der Waals surface area contributed by atoms with E-state index in [1.807, 2.05) is 7.05 Å². The summed E-state index contributed by atoms with van der Waals surface area (Å²) in [7, 11) is 2.02. The Morgan fingerprint density at radius 1 is 1.20 bits per heavy atom. The lowest BCUT2D eigenvalue weighted by Gasteiger charge is -2.35. The number of hydrazine groups is 1. The van der Waals surface area contributed by atoms with Crippen LogP contribution in [0.5, 0.6) is 0 Å². The van der Waals surface area contributed by atoms with Crippen LogP contribution in [-0.2, 0) is 0 Å². The molecule has 1 N–H and O–H groups in total. The summed E-state index contributed by atoms with van der Waals surface area (Å²) in [4.78, 5) is 0. The first-order valence-corrected chi connectivity index (χ1v) is 5.41. The minimum atomic E-state index is 0. The van der Waals surface area contributed by atoms with Crippen molar-refractivity contribution in [2.45, 2.75) is 25.3 Å². The fourth-order valence-electron chi connectivity index (χ4n) is 2.22. The van der Waals surface area contributed by atoms with Gasteiger partial charge in [0.25, 0.3) is 0 Å². The Kier molecular flexibility index (Phi) is 5.09. The summed E-state index contributed by atoms with van der Waals surface area (Å²) < 4.78 is 0. The molecule has 0 spiro atoms. The molecule has 84 valence electrons. The molecule has 1 aromatic carbocycles. The Bertz CT molecular complexity index is 276. The Hall–Kier alpha value is -0.570. The van der Waals surface area contributed by atoms with Gasteiger partial charge in [-0.25, -0.2) is 5.01 Å². The van der Waals surface area contributed by atoms with Crippen LogP contribution in [0.25, 0.3) is 0 Å². The Morgan fingerprint density at radius 2 is 1.93 bits per heavy atom. The number of nitrogens with one attached hydrogen (secondary N) is 1. The van der Waals surface area contributed by atoms with Crippen LogP contribution in [0.1, 0.15) is 30.9 Å². The lowest BCUT2D eigenvalue weighted by molar-refractivity contribution is 0.0984. The Labute approximate surface area is 98.0 Å². The van der Waals surface area contributed by atoms with Gasteiger partial charge in [-0.15, -0.1) is 12.4 Å². The van der Waals surface area contributed by atoms with E-state index in [4.69, 9.17) is 0 Å². The summed E-state index contributed by atoms with van der Waals surface area (Å²) >= 11 is 0. The van der Waals surface area contributed by atoms with Crippen LogP contribution in [0.15, 0.2) is 30.3 Å². The minimum Gasteiger partial charge on any atom is -0.258 e. The predicted octanol–water partition coefficient (Wildman–Crippen LogP) is 2.77. The second-order valence-corrected chi connectivity index (χ2v) is 3.84. The zero-order chi connectivity index (χ0) is 9.80. The van der Waals surface area contributed by atoms with Gasteiger partial charge in [-0.2, -0.15) is 0 Å². The SMILES string of the molecule is CNN1CCCCC1c1ccccc1.Cl. The van der Waals surface area contributed by atoms with Gasteiger partial charge in [0.1, 0.15) is 0 Å². The molecule has 1 atom stereocenters. The molecule has 3 heteroatoms. The summed E-state index contributed by atoms with van der Waals surface area (Å²) in [5.74, 6) is 0. The van der Waals surface area contributed by atoms with E-state index < -0.39 is 0 Å². The van der Waals surface area contributed by atoms with Crippen molar-refractivity contribution in [2.75, 3.05) is 13.6 Å². The second-order valence-electron chi connectivity index (χ2n) is 3.84. The van der Waals surface area contributed by atoms with Crippen molar-refractivity contribution < 1.29 is 0 Å². The molecule has 1 aliphatic heterocycles. The molecule has 0 aromatic heterocycles. The lowest BCUT2D eigenvalue weighted by Crippen LogP contribution is -2.41. The molecule has 2 nitrogen and oxygen atoms in total. The maximum atomic E-state index is 3.29. The van der Waals surface area contributed by atoms with Crippen LogP contribution in [-0.4, -0.2) is 18.6 Å². The number of halogens is 1. The maximum absolute atomic E-state index is 3.29. The second kappa shape index (κ2) is 6.11. The van der Waals surface area contributed by atoms with Crippen LogP contribution >= 0.6 is 12.4 Å². The average Bonchev–Trinajstić information content (AvgIpc) is 2.30. The van der Waals surface area contributed by atoms with Gasteiger partial charge in [0.05, 0.1) is 0 Å². The molecule has 1 heterocycles. The lowest BCUT2D eigenvalue weighted by atomic mass is 9.97. The van der Waals surface area contributed by atoms with Crippen LogP contribution in [0.4, 0.5) is 0 Å². The van der Waals surface area contributed by atoms with E-state index >= 15 is 0 Å². The highest BCUT2D eigenvalue weighted by Crippen LogP contribution is 2.28. The number of rotatable bonds is 2. The highest BCUT2D eigenvalue weighted by atomic mass is 35.5. The van der Waals surface area contributed by atoms with Crippen LogP contribution in [0.2, 0.25) is 0 Å². The summed E-state index contributed by atoms with van der Waals surface area (Å²) in [5, 5.41) is 2.35. The maximum Gasteiger partial charge on any atom is 0.0492 e. The largest absolute Gasteiger partial charge is 0.258 e. The fourth-order valence-corrected chi connectivity index (χ4v) is 2.22. The van der Waals surface area contributed by atoms with Crippen molar-refractivity contribution in [2.24, 2.45) is 0 Å². The predicted molar refractivity (Wildman–Crippen MR) is 66.0 cm³/mol. The summed E-state index contributed by atoms with van der Waals surface area (Å²) in [6.45, 7) is 1.16. The van der Waals surface area contributed by atoms with Crippen LogP contribution < -0.4 is 5.43 Å². The number of hydrogen-bond acceptors (Lipinski definition) is 2. The number of nitrogens with zero attached hydrogens (tertiary/aromatic N) is 1. The molecular weight excluding hydrogens is 208 g/mol. The molecule has 0 bridgehead atoms. The summed E-state index contributed by atoms with van der Waals surface area (Å²) in [6.07, 6.45) is 3.92. The normalized spacial score (nSPS) is 22.1. The highest BCUT2D eigenvalue weighted by Gasteiger charge is 2.22. The van der Waals surface area contributed by atoms with E-state index in [2.05, 4.69) is 40.8 Å². The first kappa shape index (κ1) is 12.5. The van der Waals surface area contributed by atoms with Crippen molar-refractivity contribution in [3.05, 3.63) is 35.9 Å². The van der Waals surface area contributed by atoms with Gasteiger partial charge in [0.15, 0.2) is 0 Å². The molecule has 0 aliphatic carbocycles. The average molecular weight is 227 g/mol. The molecule has 0 saturated carbocycles. The Balaban J connectivity index is 0.00000112. The molecule has 0 amide bonds. The first-order chi connectivity index (χ1) is 6.92. The minimum absolute atomic E-state index is 0. The highest BCUT2D eigenvalue weighted by molar-refractivity contribution is 5.85. The summed E-state index contributed by atoms with van der Waals surface area (Å²) in [6, 6.07) is 11.3. The third-order valence-corrected chi connectivity index (χ3v) is 2.97. The van der Waals surface area contributed by atoms with E-state index in [0.717, 1.165) is 6.54 Å². The summed E-state index contributed by atoms with van der Waals surface area (Å²) in [5.41, 5.74) is 4.72. The fraction of sp³-hybridized carbons (Fsp3) is 0.500. The van der Waals surface area contributed by atoms with E-state index in [-0.39, 0.29) is 12.4 Å². The zero-order valence-corrected chi connectivity index (χ0v) is 9.96. The smallest absolute Gasteiger partial charge is 0.0492 e. The first-order valence-electron chi connectivity index (χ1n) is 5.41. The van der Waals surface area contributed by atoms with Gasteiger partial charge >= 0.3 is 0 Å². The van der Waals surface area contributed by atoms with E-state index in [1.54, 1.807) is 0 Å². The van der Waals surface area contributed by atoms with Crippen molar-refractivity contribution in [1.29, 1.82) is 0 Å². The van der Waals surface area contributed by atoms with Gasteiger partial charge in [0.2, 0.25) is 0 Å². The van der Waals surface area contributed by atoms with Gasteiger partial charge < -0.3 is 0 Å². The Morgan fingerprint density at radius 3 is 2.60 bits per heavy atom. The third-order valence-electron chi connectivity index (χ3n) is 2.97. The van der Waals surface area contributed by atoms with Gasteiger partial charge in [-0.1, -0.05) is 36.8 Å². The van der Waals surface area contributed by atoms with Crippen molar-refractivity contribution >= 4 is 12.4 Å². The number of benzene rings is 1. The van der Waals surface area contributed by atoms with Gasteiger partial charge in [-0.05, 0) is 25.5 Å². The van der Waals surface area contributed by atoms with Crippen LogP contribution in [0, 0.1) is 0 Å². The third kappa shape index (κ3) is 2.94. The van der Waals surface area contributed by atoms with E-state index in [1.165, 1.54) is 24.8 Å². The quantitative estimate of drug-likeness (QED) is 0.835. The molecule has 1 unspecified atom stereocenters. The van der Waals surface area contributed by atoms with E-state index in [9.17, 15) is 0 Å². The molecule has 1 saturated heterocycles. The van der Waals surface area contributed by atoms with Gasteiger partial charge in [-0.3, -0.25) is 5.43 Å². The van der Waals surface area contributed by atoms with E-state index in [0.29, 0.717) is 6.04 Å². The van der Waals surface area contributed by atoms with Crippen molar-refractivity contribution in [3.8, 4) is 0 Å². The monoisotopic (exact) mass is 226 g/mol. The molecule has 1 fully saturated rings. The van der Waals surface area contributed by atoms with Crippen molar-refractivity contribution in [3.63, 3.8) is 0 Å². The number of piperidine rings is 1. The number of hydrogen-bond donors (Lipinski definition) is 1. The molecular formula is C12H19ClN2. The molecule has 1 aromatic rings. The molecule has 2 rings (SSSR count). The van der Waals surface area contributed by atoms with Crippen LogP contribution in [0.3, 0.4) is 0 Å². The molecule has 0 radical (unpaired) electrons. The van der Waals surface area contributed by atoms with Gasteiger partial charge in [0, 0.05) is 12.6 Å². The standard InChI is InChI=1S/C12H18N2.ClH/c1-13-14-10-6-5-9-12(14)11-7-3-2-4-8-11;/h2-4,7-8,12-13H,5-6,9-10H2,1H3;1H. The topological polar surface area (TPSA) is 15.3 Å². The zero-order valence-electron chi connectivity index (χ0n) is 9.15. The molecule has 15 heavy (non-hydrogen) atoms. The molecule has 1 aliphatic rings. The van der Waals surface area contributed by atoms with Crippen molar-refractivity contribution in [1.82, 2.24) is 10.4 Å².